The molecule has 2 rings (SSSR count). The number of carbonyl (C=O) groups is 1. The van der Waals surface area contributed by atoms with Gasteiger partial charge in [0.05, 0.1) is 12.1 Å². The summed E-state index contributed by atoms with van der Waals surface area (Å²) in [5.74, 6) is 0.135. The smallest absolute Gasteiger partial charge is 0.237 e. The van der Waals surface area contributed by atoms with E-state index in [1.807, 2.05) is 13.0 Å². The molecule has 0 bridgehead atoms. The standard InChI is InChI=1S/C16H24N2O/c1-12-7-6-8-14(11-12)13(2)18-16(19)15-9-4-3-5-10-17-15/h6-8,11,13,15,17H,3-5,9-10H2,1-2H3,(H,18,19)/t13-,15?/m1/s1. The van der Waals surface area contributed by atoms with Gasteiger partial charge in [-0.15, -0.1) is 0 Å². The molecule has 1 saturated heterocycles. The molecule has 1 unspecified atom stereocenters. The Bertz CT molecular complexity index is 423. The zero-order valence-corrected chi connectivity index (χ0v) is 11.9. The number of hydrogen-bond donors (Lipinski definition) is 2. The van der Waals surface area contributed by atoms with Crippen molar-refractivity contribution in [3.05, 3.63) is 35.4 Å². The first-order chi connectivity index (χ1) is 9.16. The molecule has 1 aliphatic rings. The van der Waals surface area contributed by atoms with Gasteiger partial charge in [0.1, 0.15) is 0 Å². The predicted molar refractivity (Wildman–Crippen MR) is 78.0 cm³/mol. The van der Waals surface area contributed by atoms with E-state index < -0.39 is 0 Å². The highest BCUT2D eigenvalue weighted by atomic mass is 16.2. The van der Waals surface area contributed by atoms with Crippen molar-refractivity contribution in [3.63, 3.8) is 0 Å². The minimum absolute atomic E-state index is 0.0187. The van der Waals surface area contributed by atoms with E-state index >= 15 is 0 Å². The summed E-state index contributed by atoms with van der Waals surface area (Å²) in [6.07, 6.45) is 4.50. The van der Waals surface area contributed by atoms with Crippen molar-refractivity contribution in [1.29, 1.82) is 0 Å². The molecule has 1 aliphatic heterocycles. The second-order valence-corrected chi connectivity index (χ2v) is 5.50. The lowest BCUT2D eigenvalue weighted by Crippen LogP contribution is -2.44. The van der Waals surface area contributed by atoms with E-state index in [9.17, 15) is 4.79 Å². The molecule has 104 valence electrons. The number of hydrogen-bond acceptors (Lipinski definition) is 2. The van der Waals surface area contributed by atoms with E-state index in [0.29, 0.717) is 0 Å². The van der Waals surface area contributed by atoms with Gasteiger partial charge in [0.2, 0.25) is 5.91 Å². The van der Waals surface area contributed by atoms with Crippen LogP contribution in [0, 0.1) is 6.92 Å². The van der Waals surface area contributed by atoms with Crippen molar-refractivity contribution in [2.75, 3.05) is 6.54 Å². The van der Waals surface area contributed by atoms with Crippen molar-refractivity contribution >= 4 is 5.91 Å². The monoisotopic (exact) mass is 260 g/mol. The third-order valence-electron chi connectivity index (χ3n) is 3.78. The van der Waals surface area contributed by atoms with Gasteiger partial charge in [0.25, 0.3) is 0 Å². The molecular weight excluding hydrogens is 236 g/mol. The van der Waals surface area contributed by atoms with E-state index in [4.69, 9.17) is 0 Å². The van der Waals surface area contributed by atoms with Crippen LogP contribution in [0.2, 0.25) is 0 Å². The van der Waals surface area contributed by atoms with Crippen LogP contribution < -0.4 is 10.6 Å². The molecule has 1 amide bonds. The second-order valence-electron chi connectivity index (χ2n) is 5.50. The summed E-state index contributed by atoms with van der Waals surface area (Å²) in [4.78, 5) is 12.2. The minimum Gasteiger partial charge on any atom is -0.348 e. The number of nitrogens with one attached hydrogen (secondary N) is 2. The van der Waals surface area contributed by atoms with Crippen molar-refractivity contribution in [2.24, 2.45) is 0 Å². The maximum Gasteiger partial charge on any atom is 0.237 e. The number of carbonyl (C=O) groups excluding carboxylic acids is 1. The molecule has 2 N–H and O–H groups in total. The topological polar surface area (TPSA) is 41.1 Å². The lowest BCUT2D eigenvalue weighted by atomic mass is 10.0. The lowest BCUT2D eigenvalue weighted by Gasteiger charge is -2.20. The Kier molecular flexibility index (Phi) is 4.97. The molecule has 2 atom stereocenters. The molecule has 1 aromatic carbocycles. The van der Waals surface area contributed by atoms with E-state index in [2.05, 4.69) is 35.8 Å². The van der Waals surface area contributed by atoms with Crippen LogP contribution >= 0.6 is 0 Å². The summed E-state index contributed by atoms with van der Waals surface area (Å²) in [6.45, 7) is 5.07. The highest BCUT2D eigenvalue weighted by Crippen LogP contribution is 2.15. The molecule has 0 spiro atoms. The van der Waals surface area contributed by atoms with Gasteiger partial charge in [0, 0.05) is 0 Å². The number of aryl methyl sites for hydroxylation is 1. The van der Waals surface area contributed by atoms with Crippen LogP contribution in [-0.2, 0) is 4.79 Å². The zero-order valence-electron chi connectivity index (χ0n) is 11.9. The van der Waals surface area contributed by atoms with E-state index in [0.717, 1.165) is 19.4 Å². The molecular formula is C16H24N2O. The molecule has 1 aromatic rings. The molecule has 0 aliphatic carbocycles. The van der Waals surface area contributed by atoms with Crippen LogP contribution in [0.3, 0.4) is 0 Å². The Morgan fingerprint density at radius 3 is 3.00 bits per heavy atom. The third kappa shape index (κ3) is 4.06. The number of amides is 1. The van der Waals surface area contributed by atoms with Crippen LogP contribution in [0.25, 0.3) is 0 Å². The van der Waals surface area contributed by atoms with Gasteiger partial charge in [0.15, 0.2) is 0 Å². The Hall–Kier alpha value is -1.35. The quantitative estimate of drug-likeness (QED) is 0.877. The van der Waals surface area contributed by atoms with Crippen LogP contribution in [0.15, 0.2) is 24.3 Å². The van der Waals surface area contributed by atoms with E-state index in [1.54, 1.807) is 0 Å². The fourth-order valence-corrected chi connectivity index (χ4v) is 2.59. The lowest BCUT2D eigenvalue weighted by molar-refractivity contribution is -0.123. The summed E-state index contributed by atoms with van der Waals surface area (Å²) >= 11 is 0. The van der Waals surface area contributed by atoms with Gasteiger partial charge in [-0.2, -0.15) is 0 Å². The van der Waals surface area contributed by atoms with Crippen LogP contribution in [0.5, 0.6) is 0 Å². The maximum atomic E-state index is 12.2. The molecule has 1 fully saturated rings. The van der Waals surface area contributed by atoms with Gasteiger partial charge >= 0.3 is 0 Å². The second kappa shape index (κ2) is 6.71. The number of rotatable bonds is 3. The van der Waals surface area contributed by atoms with Crippen molar-refractivity contribution in [3.8, 4) is 0 Å². The first-order valence-corrected chi connectivity index (χ1v) is 7.27. The predicted octanol–water partition coefficient (Wildman–Crippen LogP) is 2.70. The molecule has 3 heteroatoms. The van der Waals surface area contributed by atoms with Gasteiger partial charge in [-0.05, 0) is 38.8 Å². The summed E-state index contributed by atoms with van der Waals surface area (Å²) in [7, 11) is 0. The van der Waals surface area contributed by atoms with Gasteiger partial charge in [-0.1, -0.05) is 42.7 Å². The molecule has 19 heavy (non-hydrogen) atoms. The Morgan fingerprint density at radius 1 is 1.37 bits per heavy atom. The highest BCUT2D eigenvalue weighted by molar-refractivity contribution is 5.82. The summed E-state index contributed by atoms with van der Waals surface area (Å²) in [5.41, 5.74) is 2.40. The Balaban J connectivity index is 1.94. The van der Waals surface area contributed by atoms with Crippen LogP contribution in [0.4, 0.5) is 0 Å². The van der Waals surface area contributed by atoms with Crippen molar-refractivity contribution < 1.29 is 4.79 Å². The zero-order chi connectivity index (χ0) is 13.7. The van der Waals surface area contributed by atoms with Crippen molar-refractivity contribution in [1.82, 2.24) is 10.6 Å². The van der Waals surface area contributed by atoms with E-state index in [1.165, 1.54) is 24.0 Å². The number of benzene rings is 1. The SMILES string of the molecule is Cc1cccc([C@@H](C)NC(=O)C2CCCCCN2)c1. The van der Waals surface area contributed by atoms with Crippen LogP contribution in [-0.4, -0.2) is 18.5 Å². The normalized spacial score (nSPS) is 21.5. The van der Waals surface area contributed by atoms with Gasteiger partial charge in [-0.3, -0.25) is 4.79 Å². The molecule has 0 saturated carbocycles. The fraction of sp³-hybridized carbons (Fsp3) is 0.562. The average Bonchev–Trinajstić information content (AvgIpc) is 2.67. The molecule has 1 heterocycles. The average molecular weight is 260 g/mol. The summed E-state index contributed by atoms with van der Waals surface area (Å²) in [5, 5.41) is 6.46. The largest absolute Gasteiger partial charge is 0.348 e. The minimum atomic E-state index is -0.0187. The van der Waals surface area contributed by atoms with Crippen molar-refractivity contribution in [2.45, 2.75) is 51.6 Å². The molecule has 0 aromatic heterocycles. The van der Waals surface area contributed by atoms with Crippen LogP contribution in [0.1, 0.15) is 49.8 Å². The highest BCUT2D eigenvalue weighted by Gasteiger charge is 2.21. The van der Waals surface area contributed by atoms with Gasteiger partial charge in [-0.25, -0.2) is 0 Å². The molecule has 3 nitrogen and oxygen atoms in total. The van der Waals surface area contributed by atoms with Gasteiger partial charge < -0.3 is 10.6 Å². The third-order valence-corrected chi connectivity index (χ3v) is 3.78. The maximum absolute atomic E-state index is 12.2. The first-order valence-electron chi connectivity index (χ1n) is 7.27. The summed E-state index contributed by atoms with van der Waals surface area (Å²) in [6, 6.07) is 8.36. The summed E-state index contributed by atoms with van der Waals surface area (Å²) < 4.78 is 0. The fourth-order valence-electron chi connectivity index (χ4n) is 2.59. The molecule has 0 radical (unpaired) electrons. The Morgan fingerprint density at radius 2 is 2.21 bits per heavy atom. The van der Waals surface area contributed by atoms with E-state index in [-0.39, 0.29) is 18.0 Å². The Labute approximate surface area is 115 Å². The first kappa shape index (κ1) is 14.1.